The van der Waals surface area contributed by atoms with Crippen LogP contribution in [0.25, 0.3) is 0 Å². The number of nitrogens with zero attached hydrogens (tertiary/aromatic N) is 1. The van der Waals surface area contributed by atoms with Crippen molar-refractivity contribution >= 4 is 30.0 Å². The van der Waals surface area contributed by atoms with Crippen LogP contribution in [-0.2, 0) is 6.42 Å². The SMILES string of the molecule is CCCCCc1ccc(C(=O)Nc2ccc(C(=O)O)c(OC)c2)nc1.Cl. The van der Waals surface area contributed by atoms with Crippen LogP contribution in [-0.4, -0.2) is 29.1 Å². The number of amides is 1. The number of aromatic carboxylic acids is 1. The van der Waals surface area contributed by atoms with E-state index in [2.05, 4.69) is 17.2 Å². The number of carboxylic acid groups (broad SMARTS) is 1. The quantitative estimate of drug-likeness (QED) is 0.672. The minimum atomic E-state index is -1.09. The number of pyridine rings is 1. The Morgan fingerprint density at radius 3 is 2.54 bits per heavy atom. The van der Waals surface area contributed by atoms with Gasteiger partial charge < -0.3 is 15.2 Å². The molecule has 6 nitrogen and oxygen atoms in total. The van der Waals surface area contributed by atoms with Crippen LogP contribution in [0.2, 0.25) is 0 Å². The first-order valence-corrected chi connectivity index (χ1v) is 8.22. The van der Waals surface area contributed by atoms with Crippen LogP contribution >= 0.6 is 12.4 Å². The summed E-state index contributed by atoms with van der Waals surface area (Å²) in [7, 11) is 1.38. The molecule has 0 atom stereocenters. The molecule has 2 rings (SSSR count). The molecule has 1 heterocycles. The van der Waals surface area contributed by atoms with Gasteiger partial charge in [-0.3, -0.25) is 9.78 Å². The average Bonchev–Trinajstić information content (AvgIpc) is 2.62. The smallest absolute Gasteiger partial charge is 0.339 e. The van der Waals surface area contributed by atoms with Crippen molar-refractivity contribution in [2.45, 2.75) is 32.6 Å². The molecule has 1 aromatic carbocycles. The third-order valence-corrected chi connectivity index (χ3v) is 3.82. The van der Waals surface area contributed by atoms with Gasteiger partial charge in [-0.05, 0) is 36.6 Å². The number of rotatable bonds is 8. The highest BCUT2D eigenvalue weighted by Gasteiger charge is 2.13. The van der Waals surface area contributed by atoms with E-state index >= 15 is 0 Å². The molecule has 7 heteroatoms. The van der Waals surface area contributed by atoms with Crippen molar-refractivity contribution in [3.05, 3.63) is 53.3 Å². The van der Waals surface area contributed by atoms with Crippen LogP contribution in [0.1, 0.15) is 52.6 Å². The normalized spacial score (nSPS) is 9.92. The second-order valence-electron chi connectivity index (χ2n) is 5.68. The fourth-order valence-corrected chi connectivity index (χ4v) is 2.43. The number of halogens is 1. The summed E-state index contributed by atoms with van der Waals surface area (Å²) in [4.78, 5) is 27.6. The maximum atomic E-state index is 12.3. The van der Waals surface area contributed by atoms with Gasteiger partial charge in [-0.15, -0.1) is 12.4 Å². The third kappa shape index (κ3) is 5.74. The zero-order valence-corrected chi connectivity index (χ0v) is 15.6. The van der Waals surface area contributed by atoms with Gasteiger partial charge in [0, 0.05) is 18.0 Å². The van der Waals surface area contributed by atoms with Crippen LogP contribution in [0, 0.1) is 0 Å². The van der Waals surface area contributed by atoms with Crippen molar-refractivity contribution < 1.29 is 19.4 Å². The van der Waals surface area contributed by atoms with E-state index in [1.165, 1.54) is 31.7 Å². The third-order valence-electron chi connectivity index (χ3n) is 3.82. The van der Waals surface area contributed by atoms with Gasteiger partial charge in [0.15, 0.2) is 0 Å². The maximum Gasteiger partial charge on any atom is 0.339 e. The van der Waals surface area contributed by atoms with Crippen LogP contribution in [0.4, 0.5) is 5.69 Å². The molecule has 0 saturated carbocycles. The van der Waals surface area contributed by atoms with Crippen molar-refractivity contribution in [2.24, 2.45) is 0 Å². The lowest BCUT2D eigenvalue weighted by atomic mass is 10.1. The molecule has 140 valence electrons. The summed E-state index contributed by atoms with van der Waals surface area (Å²) in [5, 5.41) is 11.8. The van der Waals surface area contributed by atoms with E-state index in [0.29, 0.717) is 11.4 Å². The van der Waals surface area contributed by atoms with Gasteiger partial charge in [-0.2, -0.15) is 0 Å². The number of hydrogen-bond donors (Lipinski definition) is 2. The maximum absolute atomic E-state index is 12.3. The Hall–Kier alpha value is -2.60. The summed E-state index contributed by atoms with van der Waals surface area (Å²) >= 11 is 0. The minimum Gasteiger partial charge on any atom is -0.496 e. The Balaban J connectivity index is 0.00000338. The number of unbranched alkanes of at least 4 members (excludes halogenated alkanes) is 2. The summed E-state index contributed by atoms with van der Waals surface area (Å²) < 4.78 is 5.05. The van der Waals surface area contributed by atoms with Gasteiger partial charge in [0.05, 0.1) is 7.11 Å². The number of carboxylic acids is 1. The van der Waals surface area contributed by atoms with E-state index in [1.807, 2.05) is 6.07 Å². The summed E-state index contributed by atoms with van der Waals surface area (Å²) in [6.45, 7) is 2.16. The molecule has 1 amide bonds. The minimum absolute atomic E-state index is 0. The second kappa shape index (κ2) is 10.4. The highest BCUT2D eigenvalue weighted by Crippen LogP contribution is 2.23. The molecule has 0 bridgehead atoms. The summed E-state index contributed by atoms with van der Waals surface area (Å²) in [6.07, 6.45) is 6.13. The lowest BCUT2D eigenvalue weighted by Crippen LogP contribution is -2.14. The molecule has 0 aliphatic carbocycles. The molecule has 0 saturated heterocycles. The van der Waals surface area contributed by atoms with Crippen LogP contribution in [0.5, 0.6) is 5.75 Å². The number of anilines is 1. The predicted molar refractivity (Wildman–Crippen MR) is 103 cm³/mol. The number of benzene rings is 1. The standard InChI is InChI=1S/C19H22N2O4.ClH/c1-3-4-5-6-13-7-10-16(20-12-13)18(22)21-14-8-9-15(19(23)24)17(11-14)25-2;/h7-12H,3-6H2,1-2H3,(H,21,22)(H,23,24);1H. The zero-order chi connectivity index (χ0) is 18.2. The van der Waals surface area contributed by atoms with Crippen molar-refractivity contribution in [3.8, 4) is 5.75 Å². The first-order chi connectivity index (χ1) is 12.0. The Morgan fingerprint density at radius 1 is 1.19 bits per heavy atom. The van der Waals surface area contributed by atoms with Gasteiger partial charge in [0.1, 0.15) is 17.0 Å². The van der Waals surface area contributed by atoms with E-state index in [0.717, 1.165) is 24.8 Å². The lowest BCUT2D eigenvalue weighted by Gasteiger charge is -2.09. The molecular weight excluding hydrogens is 356 g/mol. The number of nitrogens with one attached hydrogen (secondary N) is 1. The number of hydrogen-bond acceptors (Lipinski definition) is 4. The number of methoxy groups -OCH3 is 1. The summed E-state index contributed by atoms with van der Waals surface area (Å²) in [6, 6.07) is 7.98. The average molecular weight is 379 g/mol. The molecule has 0 fully saturated rings. The fourth-order valence-electron chi connectivity index (χ4n) is 2.43. The Bertz CT molecular complexity index is 748. The van der Waals surface area contributed by atoms with E-state index in [1.54, 1.807) is 12.3 Å². The van der Waals surface area contributed by atoms with Crippen molar-refractivity contribution in [1.82, 2.24) is 4.98 Å². The molecule has 26 heavy (non-hydrogen) atoms. The van der Waals surface area contributed by atoms with Crippen molar-refractivity contribution in [3.63, 3.8) is 0 Å². The lowest BCUT2D eigenvalue weighted by molar-refractivity contribution is 0.0693. The van der Waals surface area contributed by atoms with E-state index in [-0.39, 0.29) is 29.6 Å². The molecular formula is C19H23ClN2O4. The van der Waals surface area contributed by atoms with E-state index in [9.17, 15) is 9.59 Å². The van der Waals surface area contributed by atoms with Crippen molar-refractivity contribution in [1.29, 1.82) is 0 Å². The molecule has 0 radical (unpaired) electrons. The number of carbonyl (C=O) groups is 2. The predicted octanol–water partition coefficient (Wildman–Crippen LogP) is 4.20. The molecule has 0 aliphatic rings. The Morgan fingerprint density at radius 2 is 1.96 bits per heavy atom. The highest BCUT2D eigenvalue weighted by molar-refractivity contribution is 6.03. The van der Waals surface area contributed by atoms with Gasteiger partial charge in [-0.1, -0.05) is 25.8 Å². The van der Waals surface area contributed by atoms with Gasteiger partial charge in [0.2, 0.25) is 0 Å². The first-order valence-electron chi connectivity index (χ1n) is 8.22. The number of aryl methyl sites for hydroxylation is 1. The van der Waals surface area contributed by atoms with E-state index in [4.69, 9.17) is 9.84 Å². The van der Waals surface area contributed by atoms with Gasteiger partial charge in [-0.25, -0.2) is 4.79 Å². The molecule has 0 aliphatic heterocycles. The largest absolute Gasteiger partial charge is 0.496 e. The van der Waals surface area contributed by atoms with Gasteiger partial charge >= 0.3 is 5.97 Å². The topological polar surface area (TPSA) is 88.5 Å². The number of carbonyl (C=O) groups excluding carboxylic acids is 1. The number of aromatic nitrogens is 1. The highest BCUT2D eigenvalue weighted by atomic mass is 35.5. The molecule has 1 aromatic heterocycles. The monoisotopic (exact) mass is 378 g/mol. The number of ether oxygens (including phenoxy) is 1. The zero-order valence-electron chi connectivity index (χ0n) is 14.8. The second-order valence-corrected chi connectivity index (χ2v) is 5.68. The van der Waals surface area contributed by atoms with E-state index < -0.39 is 5.97 Å². The summed E-state index contributed by atoms with van der Waals surface area (Å²) in [5.41, 5.74) is 1.90. The van der Waals surface area contributed by atoms with Crippen molar-refractivity contribution in [2.75, 3.05) is 12.4 Å². The first kappa shape index (κ1) is 21.4. The van der Waals surface area contributed by atoms with Gasteiger partial charge in [0.25, 0.3) is 5.91 Å². The molecule has 0 unspecified atom stereocenters. The fraction of sp³-hybridized carbons (Fsp3) is 0.316. The summed E-state index contributed by atoms with van der Waals surface area (Å²) in [5.74, 6) is -1.26. The van der Waals surface area contributed by atoms with Crippen LogP contribution in [0.3, 0.4) is 0 Å². The Kier molecular flexibility index (Phi) is 8.58. The molecule has 2 N–H and O–H groups in total. The van der Waals surface area contributed by atoms with Crippen LogP contribution < -0.4 is 10.1 Å². The van der Waals surface area contributed by atoms with Crippen LogP contribution in [0.15, 0.2) is 36.5 Å². The molecule has 2 aromatic rings. The molecule has 0 spiro atoms. The Labute approximate surface area is 159 Å².